The Hall–Kier alpha value is -3.63. The number of methoxy groups -OCH3 is 1. The first-order chi connectivity index (χ1) is 17.2. The second-order valence-electron chi connectivity index (χ2n) is 10.2. The lowest BCUT2D eigenvalue weighted by molar-refractivity contribution is -0.145. The Bertz CT molecular complexity index is 1010. The van der Waals surface area contributed by atoms with E-state index in [-0.39, 0.29) is 25.4 Å². The molecule has 11 nitrogen and oxygen atoms in total. The third-order valence-corrected chi connectivity index (χ3v) is 5.84. The summed E-state index contributed by atoms with van der Waals surface area (Å²) >= 11 is 0. The molecule has 0 aliphatic heterocycles. The highest BCUT2D eigenvalue weighted by Gasteiger charge is 2.45. The van der Waals surface area contributed by atoms with Crippen LogP contribution in [-0.2, 0) is 28.7 Å². The summed E-state index contributed by atoms with van der Waals surface area (Å²) in [6, 6.07) is 3.01. The van der Waals surface area contributed by atoms with E-state index in [1.54, 1.807) is 20.8 Å². The van der Waals surface area contributed by atoms with E-state index in [0.29, 0.717) is 18.4 Å². The van der Waals surface area contributed by atoms with Crippen LogP contribution in [0.3, 0.4) is 0 Å². The van der Waals surface area contributed by atoms with Crippen LogP contribution in [0.25, 0.3) is 0 Å². The van der Waals surface area contributed by atoms with Gasteiger partial charge in [-0.15, -0.1) is 0 Å². The van der Waals surface area contributed by atoms with E-state index >= 15 is 0 Å². The summed E-state index contributed by atoms with van der Waals surface area (Å²) in [6.45, 7) is 8.36. The van der Waals surface area contributed by atoms with Crippen LogP contribution in [-0.4, -0.2) is 66.0 Å². The van der Waals surface area contributed by atoms with Crippen molar-refractivity contribution in [2.45, 2.75) is 84.0 Å². The van der Waals surface area contributed by atoms with Crippen molar-refractivity contribution in [3.8, 4) is 0 Å². The zero-order valence-corrected chi connectivity index (χ0v) is 22.4. The Morgan fingerprint density at radius 3 is 2.19 bits per heavy atom. The topological polar surface area (TPSA) is 157 Å². The van der Waals surface area contributed by atoms with Crippen molar-refractivity contribution >= 4 is 29.8 Å². The molecule has 0 heterocycles. The van der Waals surface area contributed by atoms with Crippen molar-refractivity contribution in [1.82, 2.24) is 15.5 Å². The molecule has 1 fully saturated rings. The Balaban J connectivity index is 2.50. The maximum atomic E-state index is 14.0. The third kappa shape index (κ3) is 8.76. The predicted octanol–water partition coefficient (Wildman–Crippen LogP) is 1.78. The van der Waals surface area contributed by atoms with Gasteiger partial charge in [0.2, 0.25) is 17.7 Å². The number of ether oxygens (including phenoxy) is 2. The average Bonchev–Trinajstić information content (AvgIpc) is 3.62. The lowest BCUT2D eigenvalue weighted by atomic mass is 9.93. The van der Waals surface area contributed by atoms with Gasteiger partial charge in [-0.1, -0.05) is 18.2 Å². The first-order valence-electron chi connectivity index (χ1n) is 12.3. The highest BCUT2D eigenvalue weighted by atomic mass is 16.6. The van der Waals surface area contributed by atoms with Crippen LogP contribution < -0.4 is 16.4 Å². The van der Waals surface area contributed by atoms with Gasteiger partial charge in [-0.05, 0) is 70.6 Å². The molecule has 1 aromatic carbocycles. The second kappa shape index (κ2) is 12.6. The van der Waals surface area contributed by atoms with Crippen molar-refractivity contribution < 1.29 is 33.4 Å². The van der Waals surface area contributed by atoms with Crippen molar-refractivity contribution in [2.24, 2.45) is 5.73 Å². The summed E-state index contributed by atoms with van der Waals surface area (Å²) in [6.07, 6.45) is 0.260. The van der Waals surface area contributed by atoms with Crippen molar-refractivity contribution in [2.75, 3.05) is 13.7 Å². The average molecular weight is 519 g/mol. The number of hydrogen-bond donors (Lipinski definition) is 3. The molecule has 0 radical (unpaired) electrons. The van der Waals surface area contributed by atoms with Crippen LogP contribution in [0.15, 0.2) is 18.2 Å². The first-order valence-corrected chi connectivity index (χ1v) is 12.3. The van der Waals surface area contributed by atoms with E-state index < -0.39 is 47.5 Å². The fourth-order valence-electron chi connectivity index (χ4n) is 4.03. The number of primary amides is 1. The van der Waals surface area contributed by atoms with Gasteiger partial charge in [0.05, 0.1) is 7.11 Å². The van der Waals surface area contributed by atoms with Crippen LogP contribution in [0.1, 0.15) is 69.2 Å². The minimum Gasteiger partial charge on any atom is -0.468 e. The Morgan fingerprint density at radius 2 is 1.70 bits per heavy atom. The quantitative estimate of drug-likeness (QED) is 0.377. The number of nitrogens with two attached hydrogens (primary N) is 1. The molecule has 4 N–H and O–H groups in total. The number of amides is 4. The smallest absolute Gasteiger partial charge is 0.408 e. The van der Waals surface area contributed by atoms with Gasteiger partial charge < -0.3 is 30.7 Å². The number of carbonyl (C=O) groups excluding carboxylic acids is 5. The molecule has 1 aromatic rings. The van der Waals surface area contributed by atoms with Gasteiger partial charge in [-0.25, -0.2) is 4.79 Å². The fourth-order valence-corrected chi connectivity index (χ4v) is 4.03. The summed E-state index contributed by atoms with van der Waals surface area (Å²) < 4.78 is 9.96. The van der Waals surface area contributed by atoms with E-state index in [9.17, 15) is 24.0 Å². The minimum absolute atomic E-state index is 0.0696. The van der Waals surface area contributed by atoms with Gasteiger partial charge in [0.1, 0.15) is 24.2 Å². The number of rotatable bonds is 11. The molecule has 0 aromatic heterocycles. The van der Waals surface area contributed by atoms with Crippen molar-refractivity contribution in [1.29, 1.82) is 0 Å². The van der Waals surface area contributed by atoms with Gasteiger partial charge in [-0.2, -0.15) is 0 Å². The number of carbonyl (C=O) groups is 5. The summed E-state index contributed by atoms with van der Waals surface area (Å²) in [5, 5.41) is 5.13. The highest BCUT2D eigenvalue weighted by molar-refractivity contribution is 5.94. The van der Waals surface area contributed by atoms with Gasteiger partial charge in [0.25, 0.3) is 0 Å². The van der Waals surface area contributed by atoms with Gasteiger partial charge in [0.15, 0.2) is 0 Å². The molecule has 0 spiro atoms. The third-order valence-electron chi connectivity index (χ3n) is 5.84. The number of alkyl carbamates (subject to hydrolysis) is 1. The molecule has 11 heteroatoms. The van der Waals surface area contributed by atoms with E-state index in [0.717, 1.165) is 11.1 Å². The molecule has 1 aliphatic rings. The Labute approximate surface area is 217 Å². The molecule has 4 amide bonds. The zero-order valence-electron chi connectivity index (χ0n) is 22.4. The number of hydrogen-bond acceptors (Lipinski definition) is 7. The van der Waals surface area contributed by atoms with E-state index in [2.05, 4.69) is 15.4 Å². The fraction of sp³-hybridized carbons (Fsp3) is 0.577. The molecule has 37 heavy (non-hydrogen) atoms. The summed E-state index contributed by atoms with van der Waals surface area (Å²) in [4.78, 5) is 64.8. The maximum Gasteiger partial charge on any atom is 0.408 e. The van der Waals surface area contributed by atoms with Crippen LogP contribution in [0.2, 0.25) is 0 Å². The SMILES string of the molecule is COC(=O)CNC(=O)C(c1c(C)cccc1C)N(C(=O)C(CCC(N)=O)NC(=O)OC(C)(C)C)C1CC1. The number of nitrogens with one attached hydrogen (secondary N) is 2. The summed E-state index contributed by atoms with van der Waals surface area (Å²) in [5.41, 5.74) is 6.70. The molecule has 2 atom stereocenters. The molecule has 0 bridgehead atoms. The molecule has 0 saturated heterocycles. The molecular weight excluding hydrogens is 480 g/mol. The number of nitrogens with zero attached hydrogens (tertiary/aromatic N) is 1. The van der Waals surface area contributed by atoms with Gasteiger partial charge in [0, 0.05) is 12.5 Å². The van der Waals surface area contributed by atoms with Crippen LogP contribution in [0.4, 0.5) is 4.79 Å². The maximum absolute atomic E-state index is 14.0. The monoisotopic (exact) mass is 518 g/mol. The Morgan fingerprint density at radius 1 is 1.11 bits per heavy atom. The van der Waals surface area contributed by atoms with E-state index in [4.69, 9.17) is 10.5 Å². The second-order valence-corrected chi connectivity index (χ2v) is 10.2. The molecule has 2 unspecified atom stereocenters. The standard InChI is InChI=1S/C26H38N4O7/c1-15-8-7-9-16(2)21(15)22(23(33)28-14-20(32)36-6)30(17-10-11-17)24(34)18(12-13-19(27)31)29-25(35)37-26(3,4)5/h7-9,17-18,22H,10-14H2,1-6H3,(H2,27,31)(H,28,33)(H,29,35). The lowest BCUT2D eigenvalue weighted by Gasteiger charge is -2.36. The molecule has 204 valence electrons. The largest absolute Gasteiger partial charge is 0.468 e. The first kappa shape index (κ1) is 29.6. The molecule has 1 saturated carbocycles. The molecule has 1 aliphatic carbocycles. The molecule has 2 rings (SSSR count). The summed E-state index contributed by atoms with van der Waals surface area (Å²) in [5.74, 6) is -2.38. The minimum atomic E-state index is -1.16. The van der Waals surface area contributed by atoms with Crippen LogP contribution >= 0.6 is 0 Å². The van der Waals surface area contributed by atoms with E-state index in [1.807, 2.05) is 32.0 Å². The Kier molecular flexibility index (Phi) is 10.0. The molecular formula is C26H38N4O7. The predicted molar refractivity (Wildman–Crippen MR) is 135 cm³/mol. The number of esters is 1. The van der Waals surface area contributed by atoms with Crippen molar-refractivity contribution in [3.63, 3.8) is 0 Å². The highest BCUT2D eigenvalue weighted by Crippen LogP contribution is 2.38. The van der Waals surface area contributed by atoms with Crippen LogP contribution in [0, 0.1) is 13.8 Å². The normalized spacial score (nSPS) is 14.6. The van der Waals surface area contributed by atoms with Gasteiger partial charge >= 0.3 is 12.1 Å². The lowest BCUT2D eigenvalue weighted by Crippen LogP contribution is -2.54. The van der Waals surface area contributed by atoms with Gasteiger partial charge in [-0.3, -0.25) is 19.2 Å². The van der Waals surface area contributed by atoms with Crippen molar-refractivity contribution in [3.05, 3.63) is 34.9 Å². The zero-order chi connectivity index (χ0) is 27.9. The number of aryl methyl sites for hydroxylation is 2. The van der Waals surface area contributed by atoms with Crippen LogP contribution in [0.5, 0.6) is 0 Å². The number of benzene rings is 1. The summed E-state index contributed by atoms with van der Waals surface area (Å²) in [7, 11) is 1.21. The van der Waals surface area contributed by atoms with E-state index in [1.165, 1.54) is 12.0 Å².